The molecule has 4 aromatic carbocycles. The maximum absolute atomic E-state index is 6.34. The van der Waals surface area contributed by atoms with E-state index >= 15 is 0 Å². The number of ether oxygens (including phenoxy) is 1. The quantitative estimate of drug-likeness (QED) is 0.327. The second kappa shape index (κ2) is 8.31. The molecule has 1 heteroatoms. The van der Waals surface area contributed by atoms with E-state index in [2.05, 4.69) is 91.0 Å². The summed E-state index contributed by atoms with van der Waals surface area (Å²) in [7, 11) is 0. The van der Waals surface area contributed by atoms with Crippen LogP contribution in [0.25, 0.3) is 21.9 Å². The lowest BCUT2D eigenvalue weighted by molar-refractivity contribution is 0.365. The number of hydrogen-bond acceptors (Lipinski definition) is 1. The van der Waals surface area contributed by atoms with E-state index in [-0.39, 0.29) is 0 Å². The van der Waals surface area contributed by atoms with Crippen molar-refractivity contribution in [2.24, 2.45) is 0 Å². The Morgan fingerprint density at radius 1 is 0.656 bits per heavy atom. The van der Waals surface area contributed by atoms with Crippen molar-refractivity contribution in [3.05, 3.63) is 113 Å². The molecule has 0 radical (unpaired) electrons. The van der Waals surface area contributed by atoms with E-state index in [0.29, 0.717) is 12.5 Å². The van der Waals surface area contributed by atoms with Crippen LogP contribution < -0.4 is 4.74 Å². The summed E-state index contributed by atoms with van der Waals surface area (Å²) in [6, 6.07) is 33.1. The average molecular weight is 417 g/mol. The fraction of sp³-hybridized carbons (Fsp3) is 0.226. The summed E-state index contributed by atoms with van der Waals surface area (Å²) >= 11 is 0. The van der Waals surface area contributed by atoms with Gasteiger partial charge in [0.1, 0.15) is 12.4 Å². The molecule has 1 aliphatic heterocycles. The minimum Gasteiger partial charge on any atom is -0.488 e. The first-order valence-electron chi connectivity index (χ1n) is 11.9. The first-order chi connectivity index (χ1) is 15.9. The first-order valence-corrected chi connectivity index (χ1v) is 11.9. The van der Waals surface area contributed by atoms with Gasteiger partial charge in [-0.25, -0.2) is 0 Å². The Labute approximate surface area is 190 Å². The predicted molar refractivity (Wildman–Crippen MR) is 134 cm³/mol. The molecule has 0 bridgehead atoms. The molecule has 0 saturated heterocycles. The average Bonchev–Trinajstić information content (AvgIpc) is 2.89. The summed E-state index contributed by atoms with van der Waals surface area (Å²) in [6.45, 7) is 0.596. The van der Waals surface area contributed by atoms with Crippen LogP contribution in [-0.2, 0) is 0 Å². The Balaban J connectivity index is 1.60. The van der Waals surface area contributed by atoms with E-state index in [0.717, 1.165) is 5.75 Å². The molecule has 1 nitrogen and oxygen atoms in total. The first kappa shape index (κ1) is 19.4. The molecule has 0 atom stereocenters. The van der Waals surface area contributed by atoms with Crippen LogP contribution in [0, 0.1) is 0 Å². The number of fused-ring (bicyclic) bond motifs is 3. The second-order valence-corrected chi connectivity index (χ2v) is 9.13. The van der Waals surface area contributed by atoms with Crippen LogP contribution in [0.1, 0.15) is 60.3 Å². The van der Waals surface area contributed by atoms with Gasteiger partial charge >= 0.3 is 0 Å². The molecule has 4 aromatic rings. The third-order valence-corrected chi connectivity index (χ3v) is 7.19. The van der Waals surface area contributed by atoms with E-state index in [1.807, 2.05) is 0 Å². The fourth-order valence-electron chi connectivity index (χ4n) is 5.57. The van der Waals surface area contributed by atoms with E-state index in [1.165, 1.54) is 76.3 Å². The third kappa shape index (κ3) is 3.42. The normalized spacial score (nSPS) is 16.6. The van der Waals surface area contributed by atoms with Crippen LogP contribution in [-0.4, -0.2) is 6.61 Å². The van der Waals surface area contributed by atoms with Crippen molar-refractivity contribution >= 4 is 21.9 Å². The van der Waals surface area contributed by atoms with Crippen molar-refractivity contribution in [1.82, 2.24) is 0 Å². The number of rotatable bonds is 3. The van der Waals surface area contributed by atoms with Crippen molar-refractivity contribution < 1.29 is 4.74 Å². The Morgan fingerprint density at radius 3 is 2.31 bits per heavy atom. The SMILES string of the molecule is c1ccc(C2=C(c3cccc(C4CCCCC4)c3)c3c(ccc4ccccc34)OC2)cc1. The molecule has 1 saturated carbocycles. The van der Waals surface area contributed by atoms with Crippen LogP contribution in [0.4, 0.5) is 0 Å². The van der Waals surface area contributed by atoms with Gasteiger partial charge in [-0.15, -0.1) is 0 Å². The van der Waals surface area contributed by atoms with Crippen molar-refractivity contribution in [2.45, 2.75) is 38.0 Å². The smallest absolute Gasteiger partial charge is 0.128 e. The topological polar surface area (TPSA) is 9.23 Å². The molecular weight excluding hydrogens is 388 g/mol. The highest BCUT2D eigenvalue weighted by molar-refractivity contribution is 6.09. The lowest BCUT2D eigenvalue weighted by Crippen LogP contribution is -2.12. The van der Waals surface area contributed by atoms with Crippen molar-refractivity contribution in [1.29, 1.82) is 0 Å². The number of benzene rings is 4. The molecule has 2 aliphatic rings. The summed E-state index contributed by atoms with van der Waals surface area (Å²) in [5, 5.41) is 2.52. The zero-order chi connectivity index (χ0) is 21.3. The summed E-state index contributed by atoms with van der Waals surface area (Å²) in [4.78, 5) is 0. The van der Waals surface area contributed by atoms with Crippen LogP contribution in [0.3, 0.4) is 0 Å². The molecule has 0 unspecified atom stereocenters. The Hall–Kier alpha value is -3.32. The Morgan fingerprint density at radius 2 is 1.44 bits per heavy atom. The molecule has 0 spiro atoms. The zero-order valence-electron chi connectivity index (χ0n) is 18.4. The zero-order valence-corrected chi connectivity index (χ0v) is 18.4. The highest BCUT2D eigenvalue weighted by Crippen LogP contribution is 2.45. The lowest BCUT2D eigenvalue weighted by atomic mass is 9.81. The summed E-state index contributed by atoms with van der Waals surface area (Å²) in [5.41, 5.74) is 7.88. The maximum Gasteiger partial charge on any atom is 0.128 e. The molecule has 1 heterocycles. The lowest BCUT2D eigenvalue weighted by Gasteiger charge is -2.27. The van der Waals surface area contributed by atoms with Gasteiger partial charge in [-0.05, 0) is 52.3 Å². The largest absolute Gasteiger partial charge is 0.488 e. The fourth-order valence-corrected chi connectivity index (χ4v) is 5.57. The number of hydrogen-bond donors (Lipinski definition) is 0. The standard InChI is InChI=1S/C31H28O/c1-3-10-22(11-4-1)25-15-9-16-26(20-25)30-28(23-12-5-2-6-13-23)21-32-29-19-18-24-14-7-8-17-27(24)31(29)30/h2,5-9,12-20,22H,1,3-4,10-11,21H2. The monoisotopic (exact) mass is 416 g/mol. The van der Waals surface area contributed by atoms with Gasteiger partial charge in [0.2, 0.25) is 0 Å². The van der Waals surface area contributed by atoms with Gasteiger partial charge in [0.25, 0.3) is 0 Å². The molecule has 1 aliphatic carbocycles. The summed E-state index contributed by atoms with van der Waals surface area (Å²) in [5.74, 6) is 1.68. The van der Waals surface area contributed by atoms with E-state index in [4.69, 9.17) is 4.74 Å². The molecule has 32 heavy (non-hydrogen) atoms. The molecule has 0 amide bonds. The van der Waals surface area contributed by atoms with E-state index < -0.39 is 0 Å². The molecule has 158 valence electrons. The summed E-state index contributed by atoms with van der Waals surface area (Å²) in [6.07, 6.45) is 6.73. The maximum atomic E-state index is 6.34. The second-order valence-electron chi connectivity index (χ2n) is 9.13. The van der Waals surface area contributed by atoms with Crippen molar-refractivity contribution in [2.75, 3.05) is 6.61 Å². The van der Waals surface area contributed by atoms with E-state index in [9.17, 15) is 0 Å². The van der Waals surface area contributed by atoms with Crippen LogP contribution in [0.5, 0.6) is 5.75 Å². The predicted octanol–water partition coefficient (Wildman–Crippen LogP) is 8.24. The molecule has 0 N–H and O–H groups in total. The van der Waals surface area contributed by atoms with Gasteiger partial charge in [0.05, 0.1) is 0 Å². The van der Waals surface area contributed by atoms with Crippen molar-refractivity contribution in [3.8, 4) is 5.75 Å². The van der Waals surface area contributed by atoms with Gasteiger partial charge < -0.3 is 4.74 Å². The molecule has 6 rings (SSSR count). The minimum atomic E-state index is 0.596. The Bertz CT molecular complexity index is 1290. The summed E-state index contributed by atoms with van der Waals surface area (Å²) < 4.78 is 6.34. The Kier molecular flexibility index (Phi) is 5.03. The third-order valence-electron chi connectivity index (χ3n) is 7.19. The van der Waals surface area contributed by atoms with Crippen LogP contribution in [0.15, 0.2) is 91.0 Å². The molecule has 1 fully saturated rings. The van der Waals surface area contributed by atoms with Gasteiger partial charge in [0, 0.05) is 16.7 Å². The van der Waals surface area contributed by atoms with Crippen LogP contribution in [0.2, 0.25) is 0 Å². The highest BCUT2D eigenvalue weighted by Gasteiger charge is 2.25. The van der Waals surface area contributed by atoms with Gasteiger partial charge in [-0.2, -0.15) is 0 Å². The van der Waals surface area contributed by atoms with Gasteiger partial charge in [-0.1, -0.05) is 104 Å². The van der Waals surface area contributed by atoms with Gasteiger partial charge in [-0.3, -0.25) is 0 Å². The molecule has 0 aromatic heterocycles. The van der Waals surface area contributed by atoms with Crippen LogP contribution >= 0.6 is 0 Å². The minimum absolute atomic E-state index is 0.596. The molecular formula is C31H28O. The highest BCUT2D eigenvalue weighted by atomic mass is 16.5. The van der Waals surface area contributed by atoms with Gasteiger partial charge in [0.15, 0.2) is 0 Å². The van der Waals surface area contributed by atoms with Crippen molar-refractivity contribution in [3.63, 3.8) is 0 Å². The van der Waals surface area contributed by atoms with E-state index in [1.54, 1.807) is 0 Å².